The molecule has 6 heteroatoms. The highest BCUT2D eigenvalue weighted by Gasteiger charge is 2.30. The lowest BCUT2D eigenvalue weighted by molar-refractivity contribution is 0.233. The van der Waals surface area contributed by atoms with Gasteiger partial charge in [-0.1, -0.05) is 32.5 Å². The highest BCUT2D eigenvalue weighted by molar-refractivity contribution is 7.99. The van der Waals surface area contributed by atoms with Crippen molar-refractivity contribution in [1.29, 1.82) is 0 Å². The third kappa shape index (κ3) is 3.20. The lowest BCUT2D eigenvalue weighted by atomic mass is 9.85. The van der Waals surface area contributed by atoms with E-state index in [4.69, 9.17) is 5.73 Å². The van der Waals surface area contributed by atoms with Crippen LogP contribution >= 0.6 is 11.8 Å². The van der Waals surface area contributed by atoms with Gasteiger partial charge in [-0.15, -0.1) is 0 Å². The molecule has 1 aromatic heterocycles. The largest absolute Gasteiger partial charge is 0.395 e. The normalized spacial score (nSPS) is 16.1. The van der Waals surface area contributed by atoms with Gasteiger partial charge in [-0.05, 0) is 5.41 Å². The topological polar surface area (TPSA) is 77.0 Å². The molecule has 0 fully saturated rings. The smallest absolute Gasteiger partial charge is 0.186 e. The fraction of sp³-hybridized carbons (Fsp3) is 0.800. The number of hydrogen-bond acceptors (Lipinski definition) is 5. The Morgan fingerprint density at radius 1 is 1.56 bits per heavy atom. The van der Waals surface area contributed by atoms with E-state index in [0.717, 1.165) is 5.16 Å². The number of nitrogens with two attached hydrogens (primary N) is 1. The summed E-state index contributed by atoms with van der Waals surface area (Å²) in [5.41, 5.74) is 6.09. The van der Waals surface area contributed by atoms with Crippen LogP contribution in [-0.2, 0) is 7.05 Å². The molecule has 5 nitrogen and oxygen atoms in total. The minimum atomic E-state index is -0.0980. The van der Waals surface area contributed by atoms with E-state index in [0.29, 0.717) is 0 Å². The summed E-state index contributed by atoms with van der Waals surface area (Å²) in [5.74, 6) is 0. The standard InChI is InChI=1S/C10H20N4OS/c1-10(2,3)8(11)7(5-15)16-9-12-6-13-14(9)4/h6-8,15H,5,11H2,1-4H3. The van der Waals surface area contributed by atoms with Crippen LogP contribution in [0.1, 0.15) is 20.8 Å². The third-order valence-corrected chi connectivity index (χ3v) is 3.83. The second-order valence-electron chi connectivity index (χ2n) is 4.90. The van der Waals surface area contributed by atoms with Crippen molar-refractivity contribution in [3.8, 4) is 0 Å². The summed E-state index contributed by atoms with van der Waals surface area (Å²) in [6.07, 6.45) is 1.50. The molecular weight excluding hydrogens is 224 g/mol. The van der Waals surface area contributed by atoms with Crippen LogP contribution in [-0.4, -0.2) is 37.8 Å². The third-order valence-electron chi connectivity index (χ3n) is 2.51. The van der Waals surface area contributed by atoms with Crippen LogP contribution < -0.4 is 5.73 Å². The van der Waals surface area contributed by atoms with E-state index in [1.165, 1.54) is 18.1 Å². The Balaban J connectivity index is 2.73. The van der Waals surface area contributed by atoms with E-state index in [1.807, 2.05) is 7.05 Å². The molecule has 1 aromatic rings. The van der Waals surface area contributed by atoms with Gasteiger partial charge in [0.25, 0.3) is 0 Å². The Morgan fingerprint density at radius 3 is 2.56 bits per heavy atom. The molecule has 0 bridgehead atoms. The number of aryl methyl sites for hydroxylation is 1. The quantitative estimate of drug-likeness (QED) is 0.760. The van der Waals surface area contributed by atoms with Gasteiger partial charge in [-0.25, -0.2) is 9.67 Å². The van der Waals surface area contributed by atoms with Crippen LogP contribution in [0.25, 0.3) is 0 Å². The minimum absolute atomic E-state index is 0.0377. The number of nitrogens with zero attached hydrogens (tertiary/aromatic N) is 3. The van der Waals surface area contributed by atoms with Gasteiger partial charge < -0.3 is 10.8 Å². The summed E-state index contributed by atoms with van der Waals surface area (Å²) >= 11 is 1.47. The van der Waals surface area contributed by atoms with E-state index in [9.17, 15) is 5.11 Å². The van der Waals surface area contributed by atoms with Gasteiger partial charge in [0.05, 0.1) is 11.9 Å². The maximum Gasteiger partial charge on any atom is 0.186 e. The lowest BCUT2D eigenvalue weighted by Gasteiger charge is -2.32. The zero-order valence-electron chi connectivity index (χ0n) is 10.2. The fourth-order valence-corrected chi connectivity index (χ4v) is 2.52. The summed E-state index contributed by atoms with van der Waals surface area (Å²) in [4.78, 5) is 4.12. The van der Waals surface area contributed by atoms with Crippen LogP contribution in [0, 0.1) is 5.41 Å². The van der Waals surface area contributed by atoms with Crippen molar-refractivity contribution in [3.05, 3.63) is 6.33 Å². The highest BCUT2D eigenvalue weighted by Crippen LogP contribution is 2.29. The van der Waals surface area contributed by atoms with Crippen LogP contribution in [0.4, 0.5) is 0 Å². The average molecular weight is 244 g/mol. The van der Waals surface area contributed by atoms with Crippen LogP contribution in [0.5, 0.6) is 0 Å². The predicted molar refractivity (Wildman–Crippen MR) is 65.2 cm³/mol. The molecule has 0 saturated carbocycles. The molecule has 0 aromatic carbocycles. The van der Waals surface area contributed by atoms with E-state index < -0.39 is 0 Å². The lowest BCUT2D eigenvalue weighted by Crippen LogP contribution is -2.45. The first kappa shape index (κ1) is 13.5. The van der Waals surface area contributed by atoms with Gasteiger partial charge >= 0.3 is 0 Å². The molecule has 0 spiro atoms. The molecular formula is C10H20N4OS. The summed E-state index contributed by atoms with van der Waals surface area (Å²) in [7, 11) is 1.83. The molecule has 0 amide bonds. The molecule has 0 radical (unpaired) electrons. The fourth-order valence-electron chi connectivity index (χ4n) is 1.31. The Bertz CT molecular complexity index is 334. The SMILES string of the molecule is Cn1ncnc1SC(CO)C(N)C(C)(C)C. The molecule has 92 valence electrons. The van der Waals surface area contributed by atoms with Gasteiger partial charge in [0, 0.05) is 13.1 Å². The molecule has 1 heterocycles. The van der Waals surface area contributed by atoms with Gasteiger partial charge in [0.2, 0.25) is 0 Å². The number of aromatic nitrogens is 3. The molecule has 16 heavy (non-hydrogen) atoms. The monoisotopic (exact) mass is 244 g/mol. The molecule has 2 unspecified atom stereocenters. The molecule has 0 aliphatic carbocycles. The molecule has 0 aliphatic heterocycles. The first-order valence-corrected chi connectivity index (χ1v) is 6.11. The number of aliphatic hydroxyl groups is 1. The van der Waals surface area contributed by atoms with Crippen molar-refractivity contribution in [2.45, 2.75) is 37.2 Å². The van der Waals surface area contributed by atoms with Gasteiger partial charge in [0.15, 0.2) is 5.16 Å². The van der Waals surface area contributed by atoms with E-state index in [2.05, 4.69) is 30.9 Å². The van der Waals surface area contributed by atoms with Gasteiger partial charge in [-0.2, -0.15) is 5.10 Å². The Kier molecular flexibility index (Phi) is 4.35. The average Bonchev–Trinajstić information content (AvgIpc) is 2.58. The van der Waals surface area contributed by atoms with Crippen molar-refractivity contribution in [2.75, 3.05) is 6.61 Å². The summed E-state index contributed by atoms with van der Waals surface area (Å²) in [6, 6.07) is -0.0980. The van der Waals surface area contributed by atoms with Crippen molar-refractivity contribution < 1.29 is 5.11 Å². The second kappa shape index (κ2) is 5.16. The summed E-state index contributed by atoms with van der Waals surface area (Å²) in [6.45, 7) is 6.24. The van der Waals surface area contributed by atoms with Crippen molar-refractivity contribution >= 4 is 11.8 Å². The Labute approximate surface area is 100 Å². The van der Waals surface area contributed by atoms with Gasteiger partial charge in [0.1, 0.15) is 6.33 Å². The molecule has 3 N–H and O–H groups in total. The first-order valence-electron chi connectivity index (χ1n) is 5.23. The van der Waals surface area contributed by atoms with Crippen LogP contribution in [0.15, 0.2) is 11.5 Å². The van der Waals surface area contributed by atoms with Crippen molar-refractivity contribution in [3.63, 3.8) is 0 Å². The Hall–Kier alpha value is -0.590. The number of aliphatic hydroxyl groups excluding tert-OH is 1. The zero-order chi connectivity index (χ0) is 12.3. The zero-order valence-corrected chi connectivity index (χ0v) is 11.0. The molecule has 1 rings (SSSR count). The van der Waals surface area contributed by atoms with Crippen molar-refractivity contribution in [2.24, 2.45) is 18.2 Å². The first-order chi connectivity index (χ1) is 7.36. The van der Waals surface area contributed by atoms with E-state index >= 15 is 0 Å². The number of thioether (sulfide) groups is 1. The maximum absolute atomic E-state index is 9.39. The van der Waals surface area contributed by atoms with Crippen LogP contribution in [0.3, 0.4) is 0 Å². The number of hydrogen-bond donors (Lipinski definition) is 2. The molecule has 0 saturated heterocycles. The van der Waals surface area contributed by atoms with Crippen molar-refractivity contribution in [1.82, 2.24) is 14.8 Å². The van der Waals surface area contributed by atoms with Gasteiger partial charge in [-0.3, -0.25) is 0 Å². The highest BCUT2D eigenvalue weighted by atomic mass is 32.2. The van der Waals surface area contributed by atoms with E-state index in [1.54, 1.807) is 4.68 Å². The summed E-state index contributed by atoms with van der Waals surface area (Å²) < 4.78 is 1.68. The maximum atomic E-state index is 9.39. The molecule has 0 aliphatic rings. The van der Waals surface area contributed by atoms with Crippen LogP contribution in [0.2, 0.25) is 0 Å². The second-order valence-corrected chi connectivity index (χ2v) is 6.10. The predicted octanol–water partition coefficient (Wildman–Crippen LogP) is 0.641. The molecule has 2 atom stereocenters. The summed E-state index contributed by atoms with van der Waals surface area (Å²) in [5, 5.41) is 14.1. The Morgan fingerprint density at radius 2 is 2.19 bits per heavy atom. The minimum Gasteiger partial charge on any atom is -0.395 e. The number of rotatable bonds is 4. The van der Waals surface area contributed by atoms with E-state index in [-0.39, 0.29) is 23.3 Å².